The maximum absolute atomic E-state index is 4.62. The van der Waals surface area contributed by atoms with E-state index in [1.54, 1.807) is 0 Å². The number of fused-ring (bicyclic) bond motifs is 1. The van der Waals surface area contributed by atoms with Crippen molar-refractivity contribution in [3.05, 3.63) is 36.0 Å². The number of rotatable bonds is 4. The van der Waals surface area contributed by atoms with E-state index in [2.05, 4.69) is 64.4 Å². The second kappa shape index (κ2) is 6.41. The molecule has 1 N–H and O–H groups in total. The first-order valence-electron chi connectivity index (χ1n) is 7.74. The zero-order chi connectivity index (χ0) is 14.7. The summed E-state index contributed by atoms with van der Waals surface area (Å²) in [4.78, 5) is 9.51. The fourth-order valence-electron chi connectivity index (χ4n) is 2.95. The molecule has 1 aromatic carbocycles. The van der Waals surface area contributed by atoms with Crippen LogP contribution in [0.5, 0.6) is 0 Å². The molecule has 4 heteroatoms. The van der Waals surface area contributed by atoms with Crippen molar-refractivity contribution in [3.63, 3.8) is 0 Å². The molecule has 0 atom stereocenters. The molecule has 1 aliphatic heterocycles. The standard InChI is InChI=1S/C17H24N4/c1-14-13-17(15-5-3-4-6-16(15)19-14)20(2)11-12-21-9-7-18-8-10-21/h3-6,13,18H,7-12H2,1-2H3. The van der Waals surface area contributed by atoms with E-state index >= 15 is 0 Å². The molecule has 0 bridgehead atoms. The highest BCUT2D eigenvalue weighted by Gasteiger charge is 2.12. The number of likely N-dealkylation sites (N-methyl/N-ethyl adjacent to an activating group) is 1. The minimum absolute atomic E-state index is 1.05. The van der Waals surface area contributed by atoms with E-state index in [0.717, 1.165) is 50.5 Å². The van der Waals surface area contributed by atoms with Crippen LogP contribution < -0.4 is 10.2 Å². The van der Waals surface area contributed by atoms with Crippen LogP contribution in [0.25, 0.3) is 10.9 Å². The lowest BCUT2D eigenvalue weighted by Gasteiger charge is -2.30. The highest BCUT2D eigenvalue weighted by Crippen LogP contribution is 2.25. The predicted octanol–water partition coefficient (Wildman–Crippen LogP) is 1.88. The normalized spacial score (nSPS) is 16.3. The van der Waals surface area contributed by atoms with Crippen molar-refractivity contribution in [2.45, 2.75) is 6.92 Å². The third kappa shape index (κ3) is 3.34. The van der Waals surface area contributed by atoms with Crippen LogP contribution in [0.2, 0.25) is 0 Å². The van der Waals surface area contributed by atoms with Crippen molar-refractivity contribution in [2.75, 3.05) is 51.2 Å². The smallest absolute Gasteiger partial charge is 0.0726 e. The van der Waals surface area contributed by atoms with Crippen LogP contribution in [0.15, 0.2) is 30.3 Å². The monoisotopic (exact) mass is 284 g/mol. The second-order valence-corrected chi connectivity index (χ2v) is 5.81. The van der Waals surface area contributed by atoms with Crippen LogP contribution >= 0.6 is 0 Å². The van der Waals surface area contributed by atoms with Gasteiger partial charge in [0.1, 0.15) is 0 Å². The minimum atomic E-state index is 1.05. The summed E-state index contributed by atoms with van der Waals surface area (Å²) >= 11 is 0. The van der Waals surface area contributed by atoms with Crippen LogP contribution in [0, 0.1) is 6.92 Å². The number of anilines is 1. The van der Waals surface area contributed by atoms with Gasteiger partial charge in [0.15, 0.2) is 0 Å². The van der Waals surface area contributed by atoms with Crippen molar-refractivity contribution in [1.82, 2.24) is 15.2 Å². The van der Waals surface area contributed by atoms with Gasteiger partial charge in [-0.2, -0.15) is 0 Å². The van der Waals surface area contributed by atoms with Crippen LogP contribution in [-0.4, -0.2) is 56.2 Å². The highest BCUT2D eigenvalue weighted by molar-refractivity contribution is 5.91. The van der Waals surface area contributed by atoms with E-state index in [4.69, 9.17) is 0 Å². The first-order valence-corrected chi connectivity index (χ1v) is 7.74. The zero-order valence-corrected chi connectivity index (χ0v) is 13.0. The molecule has 1 aromatic heterocycles. The SMILES string of the molecule is Cc1cc(N(C)CCN2CCNCC2)c2ccccc2n1. The highest BCUT2D eigenvalue weighted by atomic mass is 15.2. The van der Waals surface area contributed by atoms with Crippen LogP contribution in [0.4, 0.5) is 5.69 Å². The summed E-state index contributed by atoms with van der Waals surface area (Å²) in [6.07, 6.45) is 0. The minimum Gasteiger partial charge on any atom is -0.373 e. The molecule has 0 radical (unpaired) electrons. The molecular formula is C17H24N4. The van der Waals surface area contributed by atoms with Crippen molar-refractivity contribution in [1.29, 1.82) is 0 Å². The van der Waals surface area contributed by atoms with Gasteiger partial charge in [-0.1, -0.05) is 18.2 Å². The van der Waals surface area contributed by atoms with Gasteiger partial charge in [-0.25, -0.2) is 0 Å². The molecule has 21 heavy (non-hydrogen) atoms. The third-order valence-corrected chi connectivity index (χ3v) is 4.19. The maximum atomic E-state index is 4.62. The molecule has 3 rings (SSSR count). The number of nitrogens with one attached hydrogen (secondary N) is 1. The molecule has 112 valence electrons. The summed E-state index contributed by atoms with van der Waals surface area (Å²) in [7, 11) is 2.18. The quantitative estimate of drug-likeness (QED) is 0.929. The Bertz CT molecular complexity index is 605. The van der Waals surface area contributed by atoms with Gasteiger partial charge in [0, 0.05) is 63.1 Å². The average Bonchev–Trinajstić information content (AvgIpc) is 2.52. The summed E-state index contributed by atoms with van der Waals surface area (Å²) in [5.41, 5.74) is 3.45. The van der Waals surface area contributed by atoms with Crippen molar-refractivity contribution in [2.24, 2.45) is 0 Å². The second-order valence-electron chi connectivity index (χ2n) is 5.81. The fourth-order valence-corrected chi connectivity index (χ4v) is 2.95. The van der Waals surface area contributed by atoms with Gasteiger partial charge in [0.2, 0.25) is 0 Å². The number of pyridine rings is 1. The number of benzene rings is 1. The molecule has 0 amide bonds. The Balaban J connectivity index is 1.75. The number of aromatic nitrogens is 1. The lowest BCUT2D eigenvalue weighted by molar-refractivity contribution is 0.246. The van der Waals surface area contributed by atoms with Gasteiger partial charge in [0.25, 0.3) is 0 Å². The number of hydrogen-bond acceptors (Lipinski definition) is 4. The molecule has 1 aliphatic rings. The summed E-state index contributed by atoms with van der Waals surface area (Å²) in [5.74, 6) is 0. The van der Waals surface area contributed by atoms with Gasteiger partial charge in [-0.05, 0) is 19.1 Å². The Kier molecular flexibility index (Phi) is 4.36. The Hall–Kier alpha value is -1.65. The maximum Gasteiger partial charge on any atom is 0.0726 e. The summed E-state index contributed by atoms with van der Waals surface area (Å²) < 4.78 is 0. The van der Waals surface area contributed by atoms with Crippen molar-refractivity contribution in [3.8, 4) is 0 Å². The Morgan fingerprint density at radius 2 is 2.00 bits per heavy atom. The van der Waals surface area contributed by atoms with Gasteiger partial charge in [0.05, 0.1) is 5.52 Å². The number of nitrogens with zero attached hydrogens (tertiary/aromatic N) is 3. The van der Waals surface area contributed by atoms with Gasteiger partial charge >= 0.3 is 0 Å². The number of aryl methyl sites for hydroxylation is 1. The molecule has 0 unspecified atom stereocenters. The number of piperazine rings is 1. The zero-order valence-electron chi connectivity index (χ0n) is 13.0. The third-order valence-electron chi connectivity index (χ3n) is 4.19. The molecule has 2 aromatic rings. The first kappa shape index (κ1) is 14.3. The van der Waals surface area contributed by atoms with Crippen LogP contribution in [-0.2, 0) is 0 Å². The number of para-hydroxylation sites is 1. The van der Waals surface area contributed by atoms with E-state index < -0.39 is 0 Å². The topological polar surface area (TPSA) is 31.4 Å². The molecule has 0 saturated carbocycles. The fraction of sp³-hybridized carbons (Fsp3) is 0.471. The van der Waals surface area contributed by atoms with E-state index in [1.807, 2.05) is 0 Å². The Morgan fingerprint density at radius 3 is 2.81 bits per heavy atom. The molecular weight excluding hydrogens is 260 g/mol. The summed E-state index contributed by atoms with van der Waals surface area (Å²) in [6.45, 7) is 8.78. The van der Waals surface area contributed by atoms with Gasteiger partial charge in [-0.3, -0.25) is 9.88 Å². The molecule has 0 aliphatic carbocycles. The molecule has 1 saturated heterocycles. The van der Waals surface area contributed by atoms with E-state index in [9.17, 15) is 0 Å². The Labute approximate surface area is 126 Å². The summed E-state index contributed by atoms with van der Waals surface area (Å²) in [6, 6.07) is 10.6. The van der Waals surface area contributed by atoms with Gasteiger partial charge < -0.3 is 10.2 Å². The first-order chi connectivity index (χ1) is 10.2. The lowest BCUT2D eigenvalue weighted by Crippen LogP contribution is -2.46. The van der Waals surface area contributed by atoms with Crippen molar-refractivity contribution >= 4 is 16.6 Å². The van der Waals surface area contributed by atoms with E-state index in [0.29, 0.717) is 0 Å². The summed E-state index contributed by atoms with van der Waals surface area (Å²) in [5, 5.41) is 4.64. The van der Waals surface area contributed by atoms with Gasteiger partial charge in [-0.15, -0.1) is 0 Å². The largest absolute Gasteiger partial charge is 0.373 e. The predicted molar refractivity (Wildman–Crippen MR) is 89.1 cm³/mol. The van der Waals surface area contributed by atoms with E-state index in [1.165, 1.54) is 11.1 Å². The molecule has 0 spiro atoms. The number of hydrogen-bond donors (Lipinski definition) is 1. The van der Waals surface area contributed by atoms with Crippen LogP contribution in [0.3, 0.4) is 0 Å². The molecule has 4 nitrogen and oxygen atoms in total. The van der Waals surface area contributed by atoms with Crippen molar-refractivity contribution < 1.29 is 0 Å². The molecule has 2 heterocycles. The molecule has 1 fully saturated rings. The average molecular weight is 284 g/mol. The van der Waals surface area contributed by atoms with Crippen LogP contribution in [0.1, 0.15) is 5.69 Å². The van der Waals surface area contributed by atoms with E-state index in [-0.39, 0.29) is 0 Å². The lowest BCUT2D eigenvalue weighted by atomic mass is 10.1. The Morgan fingerprint density at radius 1 is 1.24 bits per heavy atom.